The van der Waals surface area contributed by atoms with Crippen LogP contribution in [0.15, 0.2) is 0 Å². The largest absolute Gasteiger partial charge is 0.394 e. The molecule has 0 fully saturated rings. The lowest BCUT2D eigenvalue weighted by Crippen LogP contribution is -2.27. The molecular formula is C22H46O4S. The van der Waals surface area contributed by atoms with Gasteiger partial charge in [-0.1, -0.05) is 103 Å². The first-order valence-corrected chi connectivity index (χ1v) is 13.2. The van der Waals surface area contributed by atoms with Gasteiger partial charge in [-0.25, -0.2) is 8.42 Å². The summed E-state index contributed by atoms with van der Waals surface area (Å²) in [6.07, 6.45) is 20.0. The van der Waals surface area contributed by atoms with Gasteiger partial charge in [0.05, 0.1) is 24.2 Å². The van der Waals surface area contributed by atoms with Crippen LogP contribution in [0, 0.1) is 0 Å². The average molecular weight is 407 g/mol. The van der Waals surface area contributed by atoms with E-state index < -0.39 is 15.9 Å². The third-order valence-electron chi connectivity index (χ3n) is 5.29. The van der Waals surface area contributed by atoms with Crippen LogP contribution in [0.25, 0.3) is 0 Å². The Labute approximate surface area is 169 Å². The van der Waals surface area contributed by atoms with Crippen molar-refractivity contribution in [1.82, 2.24) is 0 Å². The fourth-order valence-corrected chi connectivity index (χ4v) is 5.05. The summed E-state index contributed by atoms with van der Waals surface area (Å²) in [5, 5.41) is 9.01. The third kappa shape index (κ3) is 19.0. The second kappa shape index (κ2) is 19.2. The maximum atomic E-state index is 11.9. The van der Waals surface area contributed by atoms with E-state index in [0.29, 0.717) is 0 Å². The number of hydrogen-bond acceptors (Lipinski definition) is 4. The molecule has 0 spiro atoms. The second-order valence-electron chi connectivity index (χ2n) is 7.96. The number of aliphatic hydroxyl groups is 1. The molecule has 164 valence electrons. The van der Waals surface area contributed by atoms with Gasteiger partial charge in [0, 0.05) is 7.11 Å². The Bertz CT molecular complexity index is 391. The number of unbranched alkanes of at least 4 members (excludes halogenated alkanes) is 15. The Kier molecular flexibility index (Phi) is 19.1. The summed E-state index contributed by atoms with van der Waals surface area (Å²) < 4.78 is 28.8. The molecule has 0 aromatic heterocycles. The molecule has 0 saturated heterocycles. The van der Waals surface area contributed by atoms with E-state index in [1.807, 2.05) is 0 Å². The monoisotopic (exact) mass is 406 g/mol. The van der Waals surface area contributed by atoms with Crippen LogP contribution in [0.5, 0.6) is 0 Å². The van der Waals surface area contributed by atoms with Gasteiger partial charge in [-0.3, -0.25) is 0 Å². The van der Waals surface area contributed by atoms with Crippen LogP contribution in [0.3, 0.4) is 0 Å². The van der Waals surface area contributed by atoms with E-state index in [1.54, 1.807) is 0 Å². The summed E-state index contributed by atoms with van der Waals surface area (Å²) in [5.41, 5.74) is 0. The van der Waals surface area contributed by atoms with Crippen molar-refractivity contribution in [2.75, 3.05) is 25.2 Å². The van der Waals surface area contributed by atoms with Gasteiger partial charge in [0.2, 0.25) is 0 Å². The standard InChI is InChI=1S/C22H46O4S/c1-3-4-5-6-7-8-9-10-11-12-13-14-15-16-17-18-19-27(24,25)21-22(20-23)26-2/h22-23H,3-21H2,1-2H3. The van der Waals surface area contributed by atoms with Gasteiger partial charge in [-0.05, 0) is 6.42 Å². The highest BCUT2D eigenvalue weighted by Gasteiger charge is 2.17. The fourth-order valence-electron chi connectivity index (χ4n) is 3.43. The van der Waals surface area contributed by atoms with E-state index in [9.17, 15) is 8.42 Å². The Morgan fingerprint density at radius 1 is 0.704 bits per heavy atom. The molecule has 1 atom stereocenters. The summed E-state index contributed by atoms with van der Waals surface area (Å²) in [6, 6.07) is 0. The van der Waals surface area contributed by atoms with Crippen molar-refractivity contribution < 1.29 is 18.3 Å². The van der Waals surface area contributed by atoms with Gasteiger partial charge >= 0.3 is 0 Å². The first-order chi connectivity index (χ1) is 13.1. The van der Waals surface area contributed by atoms with E-state index in [2.05, 4.69) is 6.92 Å². The van der Waals surface area contributed by atoms with Gasteiger partial charge in [-0.15, -0.1) is 0 Å². The summed E-state index contributed by atoms with van der Waals surface area (Å²) in [7, 11) is -1.67. The molecule has 0 bridgehead atoms. The van der Waals surface area contributed by atoms with Crippen LogP contribution in [-0.2, 0) is 14.6 Å². The minimum atomic E-state index is -3.11. The van der Waals surface area contributed by atoms with E-state index in [-0.39, 0.29) is 18.1 Å². The van der Waals surface area contributed by atoms with E-state index in [1.165, 1.54) is 90.6 Å². The SMILES string of the molecule is CCCCCCCCCCCCCCCCCCS(=O)(=O)CC(CO)OC. The molecule has 0 aromatic carbocycles. The van der Waals surface area contributed by atoms with Crippen molar-refractivity contribution in [1.29, 1.82) is 0 Å². The average Bonchev–Trinajstić information content (AvgIpc) is 2.65. The summed E-state index contributed by atoms with van der Waals surface area (Å²) in [5.74, 6) is 0.143. The van der Waals surface area contributed by atoms with Gasteiger partial charge in [-0.2, -0.15) is 0 Å². The number of hydrogen-bond donors (Lipinski definition) is 1. The summed E-state index contributed by atoms with van der Waals surface area (Å²) in [6.45, 7) is 2.03. The molecule has 1 unspecified atom stereocenters. The molecule has 0 aliphatic rings. The van der Waals surface area contributed by atoms with Gasteiger partial charge in [0.1, 0.15) is 0 Å². The maximum Gasteiger partial charge on any atom is 0.152 e. The molecule has 0 radical (unpaired) electrons. The Morgan fingerprint density at radius 2 is 1.07 bits per heavy atom. The molecule has 4 nitrogen and oxygen atoms in total. The van der Waals surface area contributed by atoms with Crippen molar-refractivity contribution in [2.24, 2.45) is 0 Å². The van der Waals surface area contributed by atoms with Crippen molar-refractivity contribution in [3.05, 3.63) is 0 Å². The normalized spacial score (nSPS) is 13.1. The van der Waals surface area contributed by atoms with Gasteiger partial charge < -0.3 is 9.84 Å². The van der Waals surface area contributed by atoms with Crippen LogP contribution < -0.4 is 0 Å². The lowest BCUT2D eigenvalue weighted by atomic mass is 10.0. The molecular weight excluding hydrogens is 360 g/mol. The summed E-state index contributed by atoms with van der Waals surface area (Å²) >= 11 is 0. The van der Waals surface area contributed by atoms with Gasteiger partial charge in [0.25, 0.3) is 0 Å². The molecule has 5 heteroatoms. The molecule has 0 aliphatic carbocycles. The first-order valence-electron chi connectivity index (χ1n) is 11.4. The zero-order valence-corrected chi connectivity index (χ0v) is 18.9. The number of ether oxygens (including phenoxy) is 1. The number of aliphatic hydroxyl groups excluding tert-OH is 1. The molecule has 0 heterocycles. The predicted molar refractivity (Wildman–Crippen MR) is 116 cm³/mol. The van der Waals surface area contributed by atoms with Crippen LogP contribution in [0.4, 0.5) is 0 Å². The molecule has 0 amide bonds. The topological polar surface area (TPSA) is 63.6 Å². The van der Waals surface area contributed by atoms with E-state index in [4.69, 9.17) is 9.84 Å². The van der Waals surface area contributed by atoms with Crippen LogP contribution in [0.1, 0.15) is 110 Å². The van der Waals surface area contributed by atoms with Crippen molar-refractivity contribution >= 4 is 9.84 Å². The van der Waals surface area contributed by atoms with Crippen LogP contribution in [0.2, 0.25) is 0 Å². The fraction of sp³-hybridized carbons (Fsp3) is 1.00. The number of rotatable bonds is 21. The molecule has 1 N–H and O–H groups in total. The minimum Gasteiger partial charge on any atom is -0.394 e. The zero-order valence-electron chi connectivity index (χ0n) is 18.1. The minimum absolute atomic E-state index is 0.0707. The quantitative estimate of drug-likeness (QED) is 0.249. The zero-order chi connectivity index (χ0) is 20.2. The highest BCUT2D eigenvalue weighted by atomic mass is 32.2. The lowest BCUT2D eigenvalue weighted by Gasteiger charge is -2.12. The molecule has 0 aliphatic heterocycles. The first kappa shape index (κ1) is 26.9. The second-order valence-corrected chi connectivity index (χ2v) is 10.2. The third-order valence-corrected chi connectivity index (χ3v) is 7.08. The molecule has 0 aromatic rings. The molecule has 0 saturated carbocycles. The highest BCUT2D eigenvalue weighted by molar-refractivity contribution is 7.91. The van der Waals surface area contributed by atoms with E-state index in [0.717, 1.165) is 19.3 Å². The van der Waals surface area contributed by atoms with Crippen LogP contribution >= 0.6 is 0 Å². The van der Waals surface area contributed by atoms with Crippen LogP contribution in [-0.4, -0.2) is 44.9 Å². The number of sulfone groups is 1. The van der Waals surface area contributed by atoms with Gasteiger partial charge in [0.15, 0.2) is 9.84 Å². The lowest BCUT2D eigenvalue weighted by molar-refractivity contribution is 0.0644. The number of methoxy groups -OCH3 is 1. The highest BCUT2D eigenvalue weighted by Crippen LogP contribution is 2.14. The molecule has 0 rings (SSSR count). The predicted octanol–water partition coefficient (Wildman–Crippen LogP) is 5.67. The molecule has 27 heavy (non-hydrogen) atoms. The Balaban J connectivity index is 3.31. The smallest absolute Gasteiger partial charge is 0.152 e. The summed E-state index contributed by atoms with van der Waals surface area (Å²) in [4.78, 5) is 0. The maximum absolute atomic E-state index is 11.9. The van der Waals surface area contributed by atoms with Crippen molar-refractivity contribution in [2.45, 2.75) is 116 Å². The van der Waals surface area contributed by atoms with Crippen molar-refractivity contribution in [3.8, 4) is 0 Å². The Morgan fingerprint density at radius 3 is 1.41 bits per heavy atom. The van der Waals surface area contributed by atoms with Crippen molar-refractivity contribution in [3.63, 3.8) is 0 Å². The van der Waals surface area contributed by atoms with E-state index >= 15 is 0 Å². The Hall–Kier alpha value is -0.130.